The second-order valence-corrected chi connectivity index (χ2v) is 5.65. The maximum Gasteiger partial charge on any atom is 0.0762 e. The first-order chi connectivity index (χ1) is 9.78. The molecule has 0 radical (unpaired) electrons. The van der Waals surface area contributed by atoms with Crippen molar-refractivity contribution in [2.45, 2.75) is 37.6 Å². The highest BCUT2D eigenvalue weighted by Gasteiger charge is 2.46. The highest BCUT2D eigenvalue weighted by atomic mass is 15.4. The van der Waals surface area contributed by atoms with E-state index in [-0.39, 0.29) is 11.5 Å². The lowest BCUT2D eigenvalue weighted by molar-refractivity contribution is 0.165. The summed E-state index contributed by atoms with van der Waals surface area (Å²) in [6.45, 7) is 3.11. The Bertz CT molecular complexity index is 557. The van der Waals surface area contributed by atoms with E-state index in [2.05, 4.69) is 52.9 Å². The van der Waals surface area contributed by atoms with Crippen LogP contribution in [-0.2, 0) is 12.5 Å². The Labute approximate surface area is 120 Å². The Morgan fingerprint density at radius 1 is 1.30 bits per heavy atom. The van der Waals surface area contributed by atoms with Crippen LogP contribution < -0.4 is 5.32 Å². The van der Waals surface area contributed by atoms with Crippen molar-refractivity contribution in [3.8, 4) is 0 Å². The lowest BCUT2D eigenvalue weighted by Crippen LogP contribution is -2.47. The van der Waals surface area contributed by atoms with Gasteiger partial charge < -0.3 is 5.32 Å². The quantitative estimate of drug-likeness (QED) is 0.908. The predicted octanol–water partition coefficient (Wildman–Crippen LogP) is 2.59. The van der Waals surface area contributed by atoms with Gasteiger partial charge in [0.2, 0.25) is 0 Å². The average Bonchev–Trinajstić information content (AvgIpc) is 2.84. The van der Waals surface area contributed by atoms with Crippen LogP contribution >= 0.6 is 0 Å². The number of hydrogen-bond acceptors (Lipinski definition) is 3. The zero-order chi connectivity index (χ0) is 14.0. The van der Waals surface area contributed by atoms with E-state index >= 15 is 0 Å². The van der Waals surface area contributed by atoms with Crippen molar-refractivity contribution in [1.82, 2.24) is 20.3 Å². The third-order valence-electron chi connectivity index (χ3n) is 4.60. The standard InChI is InChI=1S/C16H22N4/c1-3-17-15(14-12-18-19-20(14)2)16(10-7-11-16)13-8-5-4-6-9-13/h4-6,8-9,12,15,17H,3,7,10-11H2,1-2H3. The van der Waals surface area contributed by atoms with E-state index in [0.717, 1.165) is 6.54 Å². The molecule has 1 unspecified atom stereocenters. The Kier molecular flexibility index (Phi) is 3.57. The molecule has 1 atom stereocenters. The van der Waals surface area contributed by atoms with Crippen molar-refractivity contribution in [2.24, 2.45) is 7.05 Å². The minimum atomic E-state index is 0.187. The zero-order valence-corrected chi connectivity index (χ0v) is 12.2. The van der Waals surface area contributed by atoms with Gasteiger partial charge in [-0.1, -0.05) is 48.9 Å². The van der Waals surface area contributed by atoms with E-state index in [4.69, 9.17) is 0 Å². The fourth-order valence-electron chi connectivity index (χ4n) is 3.42. The highest BCUT2D eigenvalue weighted by Crippen LogP contribution is 2.51. The van der Waals surface area contributed by atoms with Gasteiger partial charge in [-0.25, -0.2) is 0 Å². The summed E-state index contributed by atoms with van der Waals surface area (Å²) in [5, 5.41) is 11.8. The van der Waals surface area contributed by atoms with E-state index in [1.165, 1.54) is 30.5 Å². The van der Waals surface area contributed by atoms with Crippen LogP contribution in [0.15, 0.2) is 36.5 Å². The summed E-state index contributed by atoms with van der Waals surface area (Å²) >= 11 is 0. The third-order valence-corrected chi connectivity index (χ3v) is 4.60. The van der Waals surface area contributed by atoms with Gasteiger partial charge in [-0.15, -0.1) is 5.10 Å². The van der Waals surface area contributed by atoms with E-state index in [9.17, 15) is 0 Å². The number of hydrogen-bond donors (Lipinski definition) is 1. The summed E-state index contributed by atoms with van der Waals surface area (Å²) < 4.78 is 1.90. The van der Waals surface area contributed by atoms with E-state index in [1.807, 2.05) is 17.9 Å². The SMILES string of the molecule is CCNC(c1cnnn1C)C1(c2ccccc2)CCC1. The van der Waals surface area contributed by atoms with Gasteiger partial charge in [0.05, 0.1) is 17.9 Å². The molecular weight excluding hydrogens is 248 g/mol. The Morgan fingerprint density at radius 3 is 2.55 bits per heavy atom. The lowest BCUT2D eigenvalue weighted by atomic mass is 9.59. The molecule has 1 aromatic carbocycles. The van der Waals surface area contributed by atoms with Crippen molar-refractivity contribution in [3.05, 3.63) is 47.8 Å². The van der Waals surface area contributed by atoms with Gasteiger partial charge in [0.25, 0.3) is 0 Å². The number of aromatic nitrogens is 3. The minimum absolute atomic E-state index is 0.187. The first-order valence-electron chi connectivity index (χ1n) is 7.41. The molecular formula is C16H22N4. The first-order valence-corrected chi connectivity index (χ1v) is 7.41. The lowest BCUT2D eigenvalue weighted by Gasteiger charge is -2.48. The molecule has 1 N–H and O–H groups in total. The Balaban J connectivity index is 2.03. The summed E-state index contributed by atoms with van der Waals surface area (Å²) in [5.74, 6) is 0. The number of aryl methyl sites for hydroxylation is 1. The van der Waals surface area contributed by atoms with E-state index in [1.54, 1.807) is 0 Å². The van der Waals surface area contributed by atoms with E-state index < -0.39 is 0 Å². The van der Waals surface area contributed by atoms with Crippen LogP contribution in [0.2, 0.25) is 0 Å². The van der Waals surface area contributed by atoms with Gasteiger partial charge in [-0.05, 0) is 24.9 Å². The van der Waals surface area contributed by atoms with Crippen molar-refractivity contribution < 1.29 is 0 Å². The van der Waals surface area contributed by atoms with Gasteiger partial charge in [0, 0.05) is 12.5 Å². The molecule has 0 amide bonds. The summed E-state index contributed by atoms with van der Waals surface area (Å²) in [5.41, 5.74) is 2.79. The summed E-state index contributed by atoms with van der Waals surface area (Å²) in [6.07, 6.45) is 5.64. The van der Waals surface area contributed by atoms with Gasteiger partial charge in [-0.3, -0.25) is 4.68 Å². The third kappa shape index (κ3) is 2.04. The highest BCUT2D eigenvalue weighted by molar-refractivity contribution is 5.33. The Hall–Kier alpha value is -1.68. The summed E-state index contributed by atoms with van der Waals surface area (Å²) in [6, 6.07) is 11.2. The second kappa shape index (κ2) is 5.37. The number of nitrogens with one attached hydrogen (secondary N) is 1. The average molecular weight is 270 g/mol. The molecule has 0 aliphatic heterocycles. The molecule has 1 heterocycles. The summed E-state index contributed by atoms with van der Waals surface area (Å²) in [7, 11) is 1.98. The van der Waals surface area contributed by atoms with Gasteiger partial charge in [0.15, 0.2) is 0 Å². The molecule has 0 saturated heterocycles. The minimum Gasteiger partial charge on any atom is -0.308 e. The van der Waals surface area contributed by atoms with Gasteiger partial charge >= 0.3 is 0 Å². The molecule has 4 heteroatoms. The maximum absolute atomic E-state index is 4.11. The number of nitrogens with zero attached hydrogens (tertiary/aromatic N) is 3. The molecule has 4 nitrogen and oxygen atoms in total. The molecule has 2 aromatic rings. The number of rotatable bonds is 5. The molecule has 1 aliphatic carbocycles. The molecule has 0 spiro atoms. The number of likely N-dealkylation sites (N-methyl/N-ethyl adjacent to an activating group) is 1. The second-order valence-electron chi connectivity index (χ2n) is 5.65. The van der Waals surface area contributed by atoms with Crippen molar-refractivity contribution in [3.63, 3.8) is 0 Å². The molecule has 106 valence electrons. The van der Waals surface area contributed by atoms with Crippen LogP contribution in [0.1, 0.15) is 43.5 Å². The monoisotopic (exact) mass is 270 g/mol. The summed E-state index contributed by atoms with van der Waals surface area (Å²) in [4.78, 5) is 0. The van der Waals surface area contributed by atoms with Crippen LogP contribution in [0.5, 0.6) is 0 Å². The van der Waals surface area contributed by atoms with E-state index in [0.29, 0.717) is 0 Å². The number of benzene rings is 1. The molecule has 1 saturated carbocycles. The molecule has 3 rings (SSSR count). The van der Waals surface area contributed by atoms with Crippen LogP contribution in [-0.4, -0.2) is 21.5 Å². The van der Waals surface area contributed by atoms with Gasteiger partial charge in [0.1, 0.15) is 0 Å². The smallest absolute Gasteiger partial charge is 0.0762 e. The first kappa shape index (κ1) is 13.3. The normalized spacial score (nSPS) is 18.5. The molecule has 1 aliphatic rings. The Morgan fingerprint density at radius 2 is 2.05 bits per heavy atom. The molecule has 1 aromatic heterocycles. The largest absolute Gasteiger partial charge is 0.308 e. The fourth-order valence-corrected chi connectivity index (χ4v) is 3.42. The van der Waals surface area contributed by atoms with Crippen molar-refractivity contribution in [1.29, 1.82) is 0 Å². The van der Waals surface area contributed by atoms with Crippen molar-refractivity contribution in [2.75, 3.05) is 6.54 Å². The molecule has 1 fully saturated rings. The topological polar surface area (TPSA) is 42.7 Å². The fraction of sp³-hybridized carbons (Fsp3) is 0.500. The predicted molar refractivity (Wildman–Crippen MR) is 79.4 cm³/mol. The van der Waals surface area contributed by atoms with Crippen LogP contribution in [0.3, 0.4) is 0 Å². The maximum atomic E-state index is 4.11. The van der Waals surface area contributed by atoms with Crippen LogP contribution in [0.25, 0.3) is 0 Å². The van der Waals surface area contributed by atoms with Crippen molar-refractivity contribution >= 4 is 0 Å². The van der Waals surface area contributed by atoms with Crippen LogP contribution in [0.4, 0.5) is 0 Å². The molecule has 0 bridgehead atoms. The van der Waals surface area contributed by atoms with Gasteiger partial charge in [-0.2, -0.15) is 0 Å². The zero-order valence-electron chi connectivity index (χ0n) is 12.2. The van der Waals surface area contributed by atoms with Crippen LogP contribution in [0, 0.1) is 0 Å². The molecule has 20 heavy (non-hydrogen) atoms.